The van der Waals surface area contributed by atoms with Crippen molar-refractivity contribution in [3.05, 3.63) is 0 Å². The molecule has 0 aromatic heterocycles. The normalized spacial score (nSPS) is 4.00. The largest absolute Gasteiger partial charge is 0.465 e. The maximum atomic E-state index is 8.78. The third-order valence-electron chi connectivity index (χ3n) is 0. The molecule has 5 heteroatoms. The molecule has 0 aliphatic carbocycles. The molecule has 0 rings (SSSR count). The van der Waals surface area contributed by atoms with Crippen molar-refractivity contribution in [1.29, 1.82) is 0 Å². The number of amides is 1. The van der Waals surface area contributed by atoms with Crippen molar-refractivity contribution >= 4 is 43.8 Å². The van der Waals surface area contributed by atoms with E-state index in [2.05, 4.69) is 5.73 Å². The van der Waals surface area contributed by atoms with E-state index in [9.17, 15) is 0 Å². The van der Waals surface area contributed by atoms with Gasteiger partial charge in [-0.15, -0.1) is 0 Å². The minimum atomic E-state index is -1.33. The summed E-state index contributed by atoms with van der Waals surface area (Å²) in [6.45, 7) is 0. The molecule has 0 heterocycles. The van der Waals surface area contributed by atoms with Gasteiger partial charge in [-0.2, -0.15) is 0 Å². The van der Waals surface area contributed by atoms with E-state index in [4.69, 9.17) is 9.90 Å². The number of hydrogen-bond donors (Lipinski definition) is 3. The monoisotopic (exact) mass is 118 g/mol. The fourth-order valence-corrected chi connectivity index (χ4v) is 0. The van der Waals surface area contributed by atoms with E-state index in [0.717, 1.165) is 0 Å². The third kappa shape index (κ3) is 228. The molecule has 0 bridgehead atoms. The van der Waals surface area contributed by atoms with E-state index in [1.807, 2.05) is 0 Å². The number of carbonyl (C=O) groups is 1. The van der Waals surface area contributed by atoms with Crippen LogP contribution < -0.4 is 11.9 Å². The minimum Gasteiger partial charge on any atom is -0.465 e. The summed E-state index contributed by atoms with van der Waals surface area (Å²) in [7, 11) is 0. The van der Waals surface area contributed by atoms with E-state index in [1.54, 1.807) is 0 Å². The molecular formula is CH6CaN2O2. The Kier molecular flexibility index (Phi) is 24.3. The molecule has 0 spiro atoms. The summed E-state index contributed by atoms with van der Waals surface area (Å²) in [4.78, 5) is 8.78. The first-order valence-electron chi connectivity index (χ1n) is 0.716. The molecule has 0 aromatic carbocycles. The van der Waals surface area contributed by atoms with Crippen LogP contribution in [0.2, 0.25) is 0 Å². The smallest absolute Gasteiger partial charge is 0.402 e. The molecule has 0 unspecified atom stereocenters. The maximum absolute atomic E-state index is 8.78. The second-order valence-corrected chi connectivity index (χ2v) is 0.338. The molecule has 0 saturated heterocycles. The molecule has 0 aromatic rings. The SMILES string of the molecule is N.NC(=O)O.[Ca]. The predicted molar refractivity (Wildman–Crippen MR) is 23.0 cm³/mol. The van der Waals surface area contributed by atoms with Gasteiger partial charge in [0.05, 0.1) is 0 Å². The molecule has 0 atom stereocenters. The summed E-state index contributed by atoms with van der Waals surface area (Å²) in [6, 6.07) is 0. The summed E-state index contributed by atoms with van der Waals surface area (Å²) >= 11 is 0. The summed E-state index contributed by atoms with van der Waals surface area (Å²) in [5, 5.41) is 7.19. The molecule has 4 nitrogen and oxygen atoms in total. The summed E-state index contributed by atoms with van der Waals surface area (Å²) in [6.07, 6.45) is -1.33. The van der Waals surface area contributed by atoms with Gasteiger partial charge in [-0.1, -0.05) is 0 Å². The quantitative estimate of drug-likeness (QED) is 0.370. The van der Waals surface area contributed by atoms with Gasteiger partial charge in [-0.25, -0.2) is 4.79 Å². The van der Waals surface area contributed by atoms with Gasteiger partial charge in [0.2, 0.25) is 0 Å². The minimum absolute atomic E-state index is 0. The van der Waals surface area contributed by atoms with Crippen molar-refractivity contribution in [3.8, 4) is 0 Å². The summed E-state index contributed by atoms with van der Waals surface area (Å²) in [5.74, 6) is 0. The second kappa shape index (κ2) is 9.09. The molecule has 6 heavy (non-hydrogen) atoms. The number of rotatable bonds is 0. The van der Waals surface area contributed by atoms with Crippen LogP contribution in [0.15, 0.2) is 0 Å². The van der Waals surface area contributed by atoms with Crippen LogP contribution in [0.1, 0.15) is 0 Å². The van der Waals surface area contributed by atoms with Crippen LogP contribution in [-0.4, -0.2) is 48.9 Å². The van der Waals surface area contributed by atoms with Crippen LogP contribution in [0.3, 0.4) is 0 Å². The molecule has 0 aliphatic heterocycles. The van der Waals surface area contributed by atoms with Gasteiger partial charge < -0.3 is 17.0 Å². The molecule has 1 amide bonds. The van der Waals surface area contributed by atoms with Crippen LogP contribution in [-0.2, 0) is 0 Å². The first-order valence-corrected chi connectivity index (χ1v) is 0.716. The fraction of sp³-hybridized carbons (Fsp3) is 0. The van der Waals surface area contributed by atoms with Gasteiger partial charge in [0, 0.05) is 37.7 Å². The zero-order chi connectivity index (χ0) is 3.58. The molecule has 0 aliphatic rings. The standard InChI is InChI=1S/CH3NO2.Ca.H3N/c2-1(3)4;;/h2H2,(H,3,4);;1H3. The maximum Gasteiger partial charge on any atom is 0.402 e. The Labute approximate surface area is 65.3 Å². The summed E-state index contributed by atoms with van der Waals surface area (Å²) in [5.41, 5.74) is 4.03. The molecule has 2 radical (unpaired) electrons. The Balaban J connectivity index is -0.0000000450. The van der Waals surface area contributed by atoms with E-state index in [-0.39, 0.29) is 43.9 Å². The van der Waals surface area contributed by atoms with Crippen LogP contribution >= 0.6 is 0 Å². The van der Waals surface area contributed by atoms with Crippen LogP contribution in [0.5, 0.6) is 0 Å². The number of hydrogen-bond acceptors (Lipinski definition) is 2. The molecule has 0 saturated carbocycles. The topological polar surface area (TPSA) is 98.3 Å². The van der Waals surface area contributed by atoms with Gasteiger partial charge in [-0.05, 0) is 0 Å². The van der Waals surface area contributed by atoms with Gasteiger partial charge in [0.15, 0.2) is 0 Å². The van der Waals surface area contributed by atoms with Crippen molar-refractivity contribution in [2.24, 2.45) is 5.73 Å². The van der Waals surface area contributed by atoms with Gasteiger partial charge in [-0.3, -0.25) is 0 Å². The van der Waals surface area contributed by atoms with E-state index in [0.29, 0.717) is 0 Å². The predicted octanol–water partition coefficient (Wildman–Crippen LogP) is -0.596. The van der Waals surface area contributed by atoms with Crippen LogP contribution in [0.4, 0.5) is 4.79 Å². The summed E-state index contributed by atoms with van der Waals surface area (Å²) < 4.78 is 0. The van der Waals surface area contributed by atoms with E-state index < -0.39 is 6.09 Å². The zero-order valence-corrected chi connectivity index (χ0v) is 5.56. The third-order valence-corrected chi connectivity index (χ3v) is 0. The van der Waals surface area contributed by atoms with Gasteiger partial charge in [0.1, 0.15) is 0 Å². The Morgan fingerprint density at radius 1 is 1.67 bits per heavy atom. The van der Waals surface area contributed by atoms with Crippen molar-refractivity contribution in [2.75, 3.05) is 0 Å². The Morgan fingerprint density at radius 3 is 1.67 bits per heavy atom. The van der Waals surface area contributed by atoms with Gasteiger partial charge >= 0.3 is 6.09 Å². The first kappa shape index (κ1) is 16.1. The Hall–Kier alpha value is 0.490. The van der Waals surface area contributed by atoms with E-state index in [1.165, 1.54) is 0 Å². The molecular weight excluding hydrogens is 112 g/mol. The Morgan fingerprint density at radius 2 is 1.67 bits per heavy atom. The first-order chi connectivity index (χ1) is 1.73. The second-order valence-electron chi connectivity index (χ2n) is 0.338. The van der Waals surface area contributed by atoms with Crippen molar-refractivity contribution in [2.45, 2.75) is 0 Å². The van der Waals surface area contributed by atoms with Crippen molar-refractivity contribution < 1.29 is 9.90 Å². The van der Waals surface area contributed by atoms with Crippen molar-refractivity contribution in [1.82, 2.24) is 6.15 Å². The van der Waals surface area contributed by atoms with Crippen LogP contribution in [0.25, 0.3) is 0 Å². The number of primary amides is 1. The average Bonchev–Trinajstić information content (AvgIpc) is 0.811. The number of nitrogens with two attached hydrogens (primary N) is 1. The van der Waals surface area contributed by atoms with Crippen molar-refractivity contribution in [3.63, 3.8) is 0 Å². The van der Waals surface area contributed by atoms with E-state index >= 15 is 0 Å². The van der Waals surface area contributed by atoms with Gasteiger partial charge in [0.25, 0.3) is 0 Å². The average molecular weight is 118 g/mol. The number of carboxylic acid groups (broad SMARTS) is 1. The Bertz CT molecular complexity index is 34.5. The zero-order valence-electron chi connectivity index (χ0n) is 3.35. The molecule has 34 valence electrons. The molecule has 0 fully saturated rings. The van der Waals surface area contributed by atoms with Crippen LogP contribution in [0, 0.1) is 0 Å². The molecule has 6 N–H and O–H groups in total. The fourth-order valence-electron chi connectivity index (χ4n) is 0.